The van der Waals surface area contributed by atoms with E-state index in [1.54, 1.807) is 0 Å². The topological polar surface area (TPSA) is 66.8 Å². The minimum absolute atomic E-state index is 0.0740. The first-order valence-electron chi connectivity index (χ1n) is 9.39. The van der Waals surface area contributed by atoms with Gasteiger partial charge in [-0.1, -0.05) is 46.7 Å². The number of ether oxygens (including phenoxy) is 1. The van der Waals surface area contributed by atoms with Crippen LogP contribution in [0.4, 0.5) is 0 Å². The first-order valence-corrected chi connectivity index (χ1v) is 10.3. The number of halogens is 1. The average molecular weight is 411 g/mol. The number of rotatable bonds is 1. The number of carbonyl (C=O) groups excluding carboxylic acids is 1. The molecule has 0 radical (unpaired) electrons. The minimum atomic E-state index is -0.532. The number of fused-ring (bicyclic) bond motifs is 5. The third kappa shape index (κ3) is 2.74. The molecule has 4 nitrogen and oxygen atoms in total. The Morgan fingerprint density at radius 3 is 2.80 bits per heavy atom. The fourth-order valence-corrected chi connectivity index (χ4v) is 7.16. The third-order valence-electron chi connectivity index (χ3n) is 7.24. The highest BCUT2D eigenvalue weighted by Gasteiger charge is 2.58. The lowest BCUT2D eigenvalue weighted by molar-refractivity contribution is -0.150. The third-order valence-corrected chi connectivity index (χ3v) is 8.14. The van der Waals surface area contributed by atoms with Gasteiger partial charge in [-0.05, 0) is 43.4 Å². The first-order chi connectivity index (χ1) is 11.8. The van der Waals surface area contributed by atoms with Crippen LogP contribution in [0.15, 0.2) is 23.8 Å². The second-order valence-electron chi connectivity index (χ2n) is 8.51. The van der Waals surface area contributed by atoms with Crippen LogP contribution in [0.3, 0.4) is 0 Å². The van der Waals surface area contributed by atoms with Crippen LogP contribution in [-0.2, 0) is 9.53 Å². The lowest BCUT2D eigenvalue weighted by Crippen LogP contribution is -2.52. The van der Waals surface area contributed by atoms with Gasteiger partial charge in [0.05, 0.1) is 17.0 Å². The van der Waals surface area contributed by atoms with E-state index < -0.39 is 6.10 Å². The Bertz CT molecular complexity index is 629. The molecule has 0 bridgehead atoms. The molecule has 25 heavy (non-hydrogen) atoms. The van der Waals surface area contributed by atoms with Gasteiger partial charge in [0.1, 0.15) is 6.10 Å². The zero-order valence-electron chi connectivity index (χ0n) is 14.8. The van der Waals surface area contributed by atoms with Crippen molar-refractivity contribution in [3.63, 3.8) is 0 Å². The molecule has 4 aliphatic rings. The number of allylic oxidation sites excluding steroid dienone is 1. The molecule has 0 saturated heterocycles. The Kier molecular flexibility index (Phi) is 4.41. The summed E-state index contributed by atoms with van der Waals surface area (Å²) in [5.41, 5.74) is 1.11. The Morgan fingerprint density at radius 2 is 2.08 bits per heavy atom. The van der Waals surface area contributed by atoms with Gasteiger partial charge in [0, 0.05) is 18.3 Å². The van der Waals surface area contributed by atoms with E-state index in [2.05, 4.69) is 28.9 Å². The highest BCUT2D eigenvalue weighted by atomic mass is 79.9. The molecular formula is C20H27BrO4. The van der Waals surface area contributed by atoms with Gasteiger partial charge >= 0.3 is 5.97 Å². The van der Waals surface area contributed by atoms with Crippen LogP contribution in [0.5, 0.6) is 0 Å². The fraction of sp³-hybridized carbons (Fsp3) is 0.750. The molecule has 0 amide bonds. The highest BCUT2D eigenvalue weighted by Crippen LogP contribution is 2.61. The lowest BCUT2D eigenvalue weighted by atomic mass is 9.50. The molecule has 0 heterocycles. The minimum Gasteiger partial charge on any atom is -0.461 e. The van der Waals surface area contributed by atoms with Crippen molar-refractivity contribution in [2.45, 2.75) is 62.7 Å². The SMILES string of the molecule is CC(=O)O[C@H]1[C@H](Br)CC2C3C(O)CC4=C[C@@H](O)C=C[C@]4(C)C3CC[C@@H]21. The van der Waals surface area contributed by atoms with Gasteiger partial charge in [-0.3, -0.25) is 4.79 Å². The van der Waals surface area contributed by atoms with Crippen LogP contribution in [0, 0.1) is 29.1 Å². The summed E-state index contributed by atoms with van der Waals surface area (Å²) in [4.78, 5) is 11.7. The number of hydrogen-bond acceptors (Lipinski definition) is 4. The van der Waals surface area contributed by atoms with Crippen LogP contribution < -0.4 is 0 Å². The van der Waals surface area contributed by atoms with E-state index in [4.69, 9.17) is 4.74 Å². The standard InChI is InChI=1S/C20H27BrO4/c1-10(22)25-19-13-3-4-15-18(14(13)9-16(19)21)17(24)8-11-7-12(23)5-6-20(11,15)2/h5-7,12-19,23-24H,3-4,8-9H2,1-2H3/t12-,13-,14?,15?,16+,17?,18?,19+,20-/m0/s1. The van der Waals surface area contributed by atoms with Crippen LogP contribution in [0.25, 0.3) is 0 Å². The van der Waals surface area contributed by atoms with E-state index >= 15 is 0 Å². The van der Waals surface area contributed by atoms with Crippen LogP contribution in [0.1, 0.15) is 39.5 Å². The summed E-state index contributed by atoms with van der Waals surface area (Å²) < 4.78 is 5.63. The molecule has 138 valence electrons. The maximum Gasteiger partial charge on any atom is 0.302 e. The van der Waals surface area contributed by atoms with Crippen molar-refractivity contribution in [3.8, 4) is 0 Å². The smallest absolute Gasteiger partial charge is 0.302 e. The van der Waals surface area contributed by atoms with E-state index in [9.17, 15) is 15.0 Å². The summed E-state index contributed by atoms with van der Waals surface area (Å²) in [5.74, 6) is 1.09. The molecule has 0 aromatic carbocycles. The predicted octanol–water partition coefficient (Wildman–Crippen LogP) is 2.97. The molecule has 2 N–H and O–H groups in total. The van der Waals surface area contributed by atoms with Crippen molar-refractivity contribution < 1.29 is 19.7 Å². The fourth-order valence-electron chi connectivity index (χ4n) is 6.23. The zero-order valence-corrected chi connectivity index (χ0v) is 16.4. The number of aliphatic hydroxyl groups excluding tert-OH is 2. The second kappa shape index (κ2) is 6.21. The summed E-state index contributed by atoms with van der Waals surface area (Å²) in [7, 11) is 0. The lowest BCUT2D eigenvalue weighted by Gasteiger charge is -2.55. The molecule has 4 unspecified atom stereocenters. The normalized spacial score (nSPS) is 51.2. The van der Waals surface area contributed by atoms with Crippen molar-refractivity contribution >= 4 is 21.9 Å². The van der Waals surface area contributed by atoms with Crippen LogP contribution >= 0.6 is 15.9 Å². The summed E-state index contributed by atoms with van der Waals surface area (Å²) in [6.45, 7) is 3.74. The van der Waals surface area contributed by atoms with E-state index in [0.29, 0.717) is 24.2 Å². The van der Waals surface area contributed by atoms with Crippen LogP contribution in [0.2, 0.25) is 0 Å². The summed E-state index contributed by atoms with van der Waals surface area (Å²) in [6.07, 6.45) is 8.61. The Hall–Kier alpha value is -0.650. The molecule has 4 rings (SSSR count). The van der Waals surface area contributed by atoms with Crippen molar-refractivity contribution in [2.75, 3.05) is 0 Å². The van der Waals surface area contributed by atoms with Crippen molar-refractivity contribution in [3.05, 3.63) is 23.8 Å². The van der Waals surface area contributed by atoms with E-state index in [-0.39, 0.29) is 34.3 Å². The largest absolute Gasteiger partial charge is 0.461 e. The molecular weight excluding hydrogens is 384 g/mol. The summed E-state index contributed by atoms with van der Waals surface area (Å²) >= 11 is 3.73. The van der Waals surface area contributed by atoms with E-state index in [0.717, 1.165) is 19.3 Å². The molecule has 3 fully saturated rings. The second-order valence-corrected chi connectivity index (χ2v) is 9.69. The Labute approximate surface area is 157 Å². The van der Waals surface area contributed by atoms with Gasteiger partial charge in [-0.2, -0.15) is 0 Å². The van der Waals surface area contributed by atoms with Gasteiger partial charge in [0.15, 0.2) is 0 Å². The van der Waals surface area contributed by atoms with Gasteiger partial charge in [0.25, 0.3) is 0 Å². The Balaban J connectivity index is 1.65. The predicted molar refractivity (Wildman–Crippen MR) is 98.0 cm³/mol. The van der Waals surface area contributed by atoms with Gasteiger partial charge in [-0.25, -0.2) is 0 Å². The maximum absolute atomic E-state index is 11.5. The summed E-state index contributed by atoms with van der Waals surface area (Å²) in [5, 5.41) is 20.9. The van der Waals surface area contributed by atoms with Crippen molar-refractivity contribution in [1.82, 2.24) is 0 Å². The van der Waals surface area contributed by atoms with Crippen molar-refractivity contribution in [1.29, 1.82) is 0 Å². The Morgan fingerprint density at radius 1 is 1.32 bits per heavy atom. The molecule has 5 heteroatoms. The van der Waals surface area contributed by atoms with Gasteiger partial charge in [0.2, 0.25) is 0 Å². The first kappa shape index (κ1) is 17.7. The number of hydrogen-bond donors (Lipinski definition) is 2. The number of carbonyl (C=O) groups is 1. The summed E-state index contributed by atoms with van der Waals surface area (Å²) in [6, 6.07) is 0. The molecule has 0 spiro atoms. The average Bonchev–Trinajstić information content (AvgIpc) is 2.85. The molecule has 4 aliphatic carbocycles. The highest BCUT2D eigenvalue weighted by molar-refractivity contribution is 9.09. The molecule has 0 aromatic rings. The number of esters is 1. The van der Waals surface area contributed by atoms with Gasteiger partial charge in [-0.15, -0.1) is 0 Å². The molecule has 0 aromatic heterocycles. The van der Waals surface area contributed by atoms with Crippen molar-refractivity contribution in [2.24, 2.45) is 29.1 Å². The monoisotopic (exact) mass is 410 g/mol. The maximum atomic E-state index is 11.5. The van der Waals surface area contributed by atoms with E-state index in [1.807, 2.05) is 12.2 Å². The number of aliphatic hydroxyl groups is 2. The molecule has 3 saturated carbocycles. The number of alkyl halides is 1. The van der Waals surface area contributed by atoms with Crippen LogP contribution in [-0.4, -0.2) is 39.3 Å². The zero-order chi connectivity index (χ0) is 17.9. The molecule has 9 atom stereocenters. The van der Waals surface area contributed by atoms with E-state index in [1.165, 1.54) is 12.5 Å². The van der Waals surface area contributed by atoms with Gasteiger partial charge < -0.3 is 14.9 Å². The quantitative estimate of drug-likeness (QED) is 0.396. The molecule has 0 aliphatic heterocycles.